The van der Waals surface area contributed by atoms with Crippen molar-refractivity contribution >= 4 is 29.3 Å². The summed E-state index contributed by atoms with van der Waals surface area (Å²) in [6.07, 6.45) is 3.42. The van der Waals surface area contributed by atoms with Crippen LogP contribution in [0.4, 0.5) is 0 Å². The molecule has 1 aliphatic rings. The van der Waals surface area contributed by atoms with Gasteiger partial charge in [-0.3, -0.25) is 19.2 Å². The predicted octanol–water partition coefficient (Wildman–Crippen LogP) is 0.638. The Morgan fingerprint density at radius 3 is 2.68 bits per heavy atom. The van der Waals surface area contributed by atoms with Gasteiger partial charge in [-0.25, -0.2) is 9.50 Å². The molecule has 0 bridgehead atoms. The Balaban J connectivity index is 1.60. The molecule has 1 fully saturated rings. The highest BCUT2D eigenvalue weighted by Gasteiger charge is 2.30. The third-order valence-electron chi connectivity index (χ3n) is 6.26. The van der Waals surface area contributed by atoms with Gasteiger partial charge in [0.1, 0.15) is 5.56 Å². The molecule has 2 aromatic rings. The van der Waals surface area contributed by atoms with Crippen molar-refractivity contribution in [2.24, 2.45) is 11.7 Å². The molecule has 3 rings (SSSR count). The highest BCUT2D eigenvalue weighted by molar-refractivity contribution is 5.98. The van der Waals surface area contributed by atoms with Crippen molar-refractivity contribution in [1.29, 1.82) is 0 Å². The van der Waals surface area contributed by atoms with Crippen LogP contribution in [0.2, 0.25) is 0 Å². The number of nitrogens with zero attached hydrogens (tertiary/aromatic N) is 5. The van der Waals surface area contributed by atoms with Gasteiger partial charge in [-0.15, -0.1) is 0 Å². The molecule has 3 heterocycles. The van der Waals surface area contributed by atoms with E-state index in [0.29, 0.717) is 43.9 Å². The van der Waals surface area contributed by atoms with Crippen LogP contribution >= 0.6 is 0 Å². The quantitative estimate of drug-likeness (QED) is 0.556. The van der Waals surface area contributed by atoms with Crippen molar-refractivity contribution in [3.8, 4) is 0 Å². The number of hydrogen-bond acceptors (Lipinski definition) is 7. The molecule has 0 aliphatic carbocycles. The molecule has 0 radical (unpaired) electrons. The molecule has 1 saturated heterocycles. The van der Waals surface area contributed by atoms with Crippen molar-refractivity contribution in [1.82, 2.24) is 24.4 Å². The number of esters is 1. The van der Waals surface area contributed by atoms with Gasteiger partial charge in [0.05, 0.1) is 25.3 Å². The Bertz CT molecular complexity index is 1110. The molecule has 0 spiro atoms. The Labute approximate surface area is 198 Å². The summed E-state index contributed by atoms with van der Waals surface area (Å²) in [5, 5.41) is 4.20. The van der Waals surface area contributed by atoms with E-state index in [0.717, 1.165) is 17.7 Å². The zero-order valence-corrected chi connectivity index (χ0v) is 20.2. The number of carbonyl (C=O) groups excluding carboxylic acids is 4. The first-order valence-electron chi connectivity index (χ1n) is 11.5. The predicted molar refractivity (Wildman–Crippen MR) is 123 cm³/mol. The van der Waals surface area contributed by atoms with Crippen LogP contribution < -0.4 is 5.73 Å². The Morgan fingerprint density at radius 1 is 1.26 bits per heavy atom. The monoisotopic (exact) mass is 472 g/mol. The fourth-order valence-corrected chi connectivity index (χ4v) is 4.32. The second kappa shape index (κ2) is 10.6. The maximum Gasteiger partial charge on any atom is 0.310 e. The first-order valence-corrected chi connectivity index (χ1v) is 11.5. The van der Waals surface area contributed by atoms with Gasteiger partial charge < -0.3 is 20.3 Å². The third-order valence-corrected chi connectivity index (χ3v) is 6.26. The zero-order chi connectivity index (χ0) is 25.0. The van der Waals surface area contributed by atoms with Crippen LogP contribution in [0.15, 0.2) is 6.20 Å². The molecule has 184 valence electrons. The van der Waals surface area contributed by atoms with E-state index in [1.807, 2.05) is 13.8 Å². The first-order chi connectivity index (χ1) is 16.1. The number of likely N-dealkylation sites (N-methyl/N-ethyl adjacent to an activating group) is 1. The summed E-state index contributed by atoms with van der Waals surface area (Å²) in [5.41, 5.74) is 8.35. The van der Waals surface area contributed by atoms with Crippen LogP contribution in [0.25, 0.3) is 5.65 Å². The van der Waals surface area contributed by atoms with Crippen LogP contribution in [0.1, 0.15) is 53.5 Å². The number of piperidine rings is 1. The van der Waals surface area contributed by atoms with E-state index in [4.69, 9.17) is 10.5 Å². The zero-order valence-electron chi connectivity index (χ0n) is 20.2. The molecule has 0 aromatic carbocycles. The molecule has 11 heteroatoms. The number of hydrogen-bond donors (Lipinski definition) is 1. The van der Waals surface area contributed by atoms with Crippen molar-refractivity contribution in [2.75, 3.05) is 33.3 Å². The van der Waals surface area contributed by atoms with Crippen molar-refractivity contribution in [3.05, 3.63) is 28.7 Å². The Morgan fingerprint density at radius 2 is 2.00 bits per heavy atom. The molecular weight excluding hydrogens is 440 g/mol. The number of nitrogens with two attached hydrogens (primary N) is 1. The smallest absolute Gasteiger partial charge is 0.310 e. The van der Waals surface area contributed by atoms with Gasteiger partial charge in [-0.1, -0.05) is 0 Å². The molecule has 1 aliphatic heterocycles. The van der Waals surface area contributed by atoms with Gasteiger partial charge >= 0.3 is 5.97 Å². The van der Waals surface area contributed by atoms with Crippen molar-refractivity contribution in [2.45, 2.75) is 46.5 Å². The average Bonchev–Trinajstić information content (AvgIpc) is 3.23. The number of likely N-dealkylation sites (tertiary alicyclic amines) is 1. The highest BCUT2D eigenvalue weighted by Crippen LogP contribution is 2.20. The number of primary amides is 1. The SMILES string of the molecule is CCOC(=O)C1CCCN(C(=O)CN(C)C(=O)CCc2c(C)nc3c(C(N)=O)cnn3c2C)C1. The summed E-state index contributed by atoms with van der Waals surface area (Å²) in [6.45, 7) is 6.57. The Hall–Kier alpha value is -3.50. The van der Waals surface area contributed by atoms with E-state index in [2.05, 4.69) is 10.1 Å². The van der Waals surface area contributed by atoms with Gasteiger partial charge in [0, 0.05) is 37.9 Å². The molecule has 1 atom stereocenters. The van der Waals surface area contributed by atoms with E-state index in [1.54, 1.807) is 23.4 Å². The number of rotatable bonds is 8. The van der Waals surface area contributed by atoms with E-state index >= 15 is 0 Å². The second-order valence-corrected chi connectivity index (χ2v) is 8.60. The lowest BCUT2D eigenvalue weighted by molar-refractivity contribution is -0.152. The number of carbonyl (C=O) groups is 4. The molecule has 1 unspecified atom stereocenters. The topological polar surface area (TPSA) is 140 Å². The normalized spacial score (nSPS) is 15.9. The maximum atomic E-state index is 12.7. The number of aromatic nitrogens is 3. The Kier molecular flexibility index (Phi) is 7.85. The lowest BCUT2D eigenvalue weighted by Crippen LogP contribution is -2.47. The third kappa shape index (κ3) is 5.35. The van der Waals surface area contributed by atoms with Crippen LogP contribution in [0, 0.1) is 19.8 Å². The standard InChI is InChI=1S/C23H32N6O5/c1-5-34-23(33)16-7-6-10-28(12-16)20(31)13-27(4)19(30)9-8-17-14(2)26-22-18(21(24)32)11-25-29(22)15(17)3/h11,16H,5-10,12-13H2,1-4H3,(H2,24,32). The van der Waals surface area contributed by atoms with Crippen molar-refractivity contribution < 1.29 is 23.9 Å². The average molecular weight is 473 g/mol. The van der Waals surface area contributed by atoms with Gasteiger partial charge in [-0.2, -0.15) is 5.10 Å². The fraction of sp³-hybridized carbons (Fsp3) is 0.565. The molecule has 2 N–H and O–H groups in total. The fourth-order valence-electron chi connectivity index (χ4n) is 4.32. The van der Waals surface area contributed by atoms with E-state index in [1.165, 1.54) is 11.1 Å². The minimum Gasteiger partial charge on any atom is -0.466 e. The van der Waals surface area contributed by atoms with Crippen LogP contribution in [-0.4, -0.2) is 81.4 Å². The lowest BCUT2D eigenvalue weighted by atomic mass is 9.98. The summed E-state index contributed by atoms with van der Waals surface area (Å²) < 4.78 is 6.64. The number of amides is 3. The number of ether oxygens (including phenoxy) is 1. The van der Waals surface area contributed by atoms with Gasteiger partial charge in [-0.05, 0) is 45.6 Å². The largest absolute Gasteiger partial charge is 0.466 e. The highest BCUT2D eigenvalue weighted by atomic mass is 16.5. The molecule has 0 saturated carbocycles. The molecule has 11 nitrogen and oxygen atoms in total. The minimum absolute atomic E-state index is 0.0508. The molecular formula is C23H32N6O5. The van der Waals surface area contributed by atoms with Gasteiger partial charge in [0.2, 0.25) is 11.8 Å². The number of fused-ring (bicyclic) bond motifs is 1. The first kappa shape index (κ1) is 25.1. The summed E-state index contributed by atoms with van der Waals surface area (Å²) in [6, 6.07) is 0. The second-order valence-electron chi connectivity index (χ2n) is 8.60. The van der Waals surface area contributed by atoms with Crippen molar-refractivity contribution in [3.63, 3.8) is 0 Å². The summed E-state index contributed by atoms with van der Waals surface area (Å²) >= 11 is 0. The van der Waals surface area contributed by atoms with E-state index in [9.17, 15) is 19.2 Å². The summed E-state index contributed by atoms with van der Waals surface area (Å²) in [4.78, 5) is 56.6. The molecule has 2 aromatic heterocycles. The van der Waals surface area contributed by atoms with Gasteiger partial charge in [0.15, 0.2) is 5.65 Å². The maximum absolute atomic E-state index is 12.7. The van der Waals surface area contributed by atoms with Crippen LogP contribution in [-0.2, 0) is 25.5 Å². The summed E-state index contributed by atoms with van der Waals surface area (Å²) in [7, 11) is 1.60. The summed E-state index contributed by atoms with van der Waals surface area (Å²) in [5.74, 6) is -1.55. The van der Waals surface area contributed by atoms with E-state index in [-0.39, 0.29) is 42.2 Å². The van der Waals surface area contributed by atoms with Crippen LogP contribution in [0.3, 0.4) is 0 Å². The lowest BCUT2D eigenvalue weighted by Gasteiger charge is -2.32. The molecule has 3 amide bonds. The van der Waals surface area contributed by atoms with E-state index < -0.39 is 5.91 Å². The number of aryl methyl sites for hydroxylation is 2. The minimum atomic E-state index is -0.599. The van der Waals surface area contributed by atoms with Crippen LogP contribution in [0.5, 0.6) is 0 Å². The molecule has 34 heavy (non-hydrogen) atoms. The van der Waals surface area contributed by atoms with Gasteiger partial charge in [0.25, 0.3) is 5.91 Å².